The Morgan fingerprint density at radius 3 is 2.80 bits per heavy atom. The zero-order chi connectivity index (χ0) is 17.2. The maximum absolute atomic E-state index is 9.43. The molecule has 0 aliphatic carbocycles. The Labute approximate surface area is 156 Å². The largest absolute Gasteiger partial charge is 0.392 e. The molecule has 0 fully saturated rings. The molecule has 0 saturated heterocycles. The molecule has 1 atom stereocenters. The van der Waals surface area contributed by atoms with Crippen LogP contribution in [0.25, 0.3) is 11.1 Å². The number of nitrogens with zero attached hydrogens (tertiary/aromatic N) is 1. The fourth-order valence-corrected chi connectivity index (χ4v) is 4.37. The molecule has 0 saturated carbocycles. The summed E-state index contributed by atoms with van der Waals surface area (Å²) in [6.45, 7) is 0.884. The van der Waals surface area contributed by atoms with Crippen LogP contribution in [0.2, 0.25) is 5.02 Å². The third kappa shape index (κ3) is 3.38. The van der Waals surface area contributed by atoms with Crippen molar-refractivity contribution in [3.63, 3.8) is 0 Å². The fourth-order valence-electron chi connectivity index (χ4n) is 3.10. The van der Waals surface area contributed by atoms with Crippen LogP contribution in [0.1, 0.15) is 16.4 Å². The molecule has 2 aromatic carbocycles. The molecule has 0 spiro atoms. The lowest BCUT2D eigenvalue weighted by Gasteiger charge is -2.15. The number of aromatic nitrogens is 1. The number of anilines is 1. The van der Waals surface area contributed by atoms with Gasteiger partial charge in [0.05, 0.1) is 11.9 Å². The summed E-state index contributed by atoms with van der Waals surface area (Å²) in [5.74, 6) is 0.943. The molecule has 2 heterocycles. The van der Waals surface area contributed by atoms with E-state index in [1.54, 1.807) is 0 Å². The Morgan fingerprint density at radius 1 is 1.16 bits per heavy atom. The zero-order valence-electron chi connectivity index (χ0n) is 13.4. The lowest BCUT2D eigenvalue weighted by Crippen LogP contribution is -1.98. The van der Waals surface area contributed by atoms with E-state index < -0.39 is 0 Å². The maximum Gasteiger partial charge on any atom is 0.131 e. The van der Waals surface area contributed by atoms with E-state index in [-0.39, 0.29) is 11.9 Å². The summed E-state index contributed by atoms with van der Waals surface area (Å²) in [5.41, 5.74) is 4.40. The predicted octanol–water partition coefficient (Wildman–Crippen LogP) is 5.15. The van der Waals surface area contributed by atoms with Crippen molar-refractivity contribution in [3.05, 3.63) is 76.9 Å². The number of aliphatic hydroxyl groups is 1. The number of pyridine rings is 1. The van der Waals surface area contributed by atoms with Crippen molar-refractivity contribution in [2.75, 3.05) is 11.9 Å². The van der Waals surface area contributed by atoms with Crippen molar-refractivity contribution in [1.82, 2.24) is 4.98 Å². The van der Waals surface area contributed by atoms with Crippen molar-refractivity contribution >= 4 is 29.2 Å². The number of halogens is 1. The van der Waals surface area contributed by atoms with E-state index in [0.29, 0.717) is 0 Å². The first kappa shape index (κ1) is 16.5. The second-order valence-electron chi connectivity index (χ2n) is 5.92. The van der Waals surface area contributed by atoms with Crippen LogP contribution in [-0.2, 0) is 6.61 Å². The summed E-state index contributed by atoms with van der Waals surface area (Å²) < 4.78 is 0. The first-order valence-corrected chi connectivity index (χ1v) is 9.35. The van der Waals surface area contributed by atoms with Gasteiger partial charge in [-0.3, -0.25) is 0 Å². The van der Waals surface area contributed by atoms with Crippen LogP contribution >= 0.6 is 23.4 Å². The third-order valence-electron chi connectivity index (χ3n) is 4.28. The predicted molar refractivity (Wildman–Crippen MR) is 104 cm³/mol. The smallest absolute Gasteiger partial charge is 0.131 e. The molecule has 0 radical (unpaired) electrons. The number of thioether (sulfide) groups is 1. The Hall–Kier alpha value is -2.01. The van der Waals surface area contributed by atoms with E-state index in [2.05, 4.69) is 22.4 Å². The van der Waals surface area contributed by atoms with Crippen molar-refractivity contribution in [2.45, 2.75) is 16.8 Å². The third-order valence-corrected chi connectivity index (χ3v) is 5.76. The standard InChI is InChI=1S/C20H17ClN2OS/c21-15-4-6-16(7-5-15)25-18-11-23-20-19(18)17(8-9-22-20)14-3-1-2-13(10-14)12-24/h1-10,18,24H,11-12H2,(H,22,23). The summed E-state index contributed by atoms with van der Waals surface area (Å²) in [5, 5.41) is 13.9. The quantitative estimate of drug-likeness (QED) is 0.668. The highest BCUT2D eigenvalue weighted by molar-refractivity contribution is 7.99. The molecule has 1 aliphatic rings. The monoisotopic (exact) mass is 368 g/mol. The van der Waals surface area contributed by atoms with E-state index in [4.69, 9.17) is 11.6 Å². The van der Waals surface area contributed by atoms with Crippen molar-refractivity contribution < 1.29 is 5.11 Å². The maximum atomic E-state index is 9.43. The molecule has 1 aromatic heterocycles. The Bertz CT molecular complexity index is 898. The molecule has 1 aliphatic heterocycles. The number of nitrogens with one attached hydrogen (secondary N) is 1. The summed E-state index contributed by atoms with van der Waals surface area (Å²) in [7, 11) is 0. The van der Waals surface area contributed by atoms with Gasteiger partial charge in [0, 0.05) is 28.2 Å². The second-order valence-corrected chi connectivity index (χ2v) is 7.63. The minimum Gasteiger partial charge on any atom is -0.392 e. The van der Waals surface area contributed by atoms with E-state index >= 15 is 0 Å². The SMILES string of the molecule is OCc1cccc(-c2ccnc3c2C(Sc2ccc(Cl)cc2)CN3)c1. The summed E-state index contributed by atoms with van der Waals surface area (Å²) in [6.07, 6.45) is 1.84. The molecule has 0 amide bonds. The van der Waals surface area contributed by atoms with Gasteiger partial charge in [-0.25, -0.2) is 4.98 Å². The number of fused-ring (bicyclic) bond motifs is 1. The average molecular weight is 369 g/mol. The lowest BCUT2D eigenvalue weighted by molar-refractivity contribution is 0.282. The van der Waals surface area contributed by atoms with Gasteiger partial charge in [0.15, 0.2) is 0 Å². The summed E-state index contributed by atoms with van der Waals surface area (Å²) >= 11 is 7.80. The summed E-state index contributed by atoms with van der Waals surface area (Å²) in [6, 6.07) is 18.0. The highest BCUT2D eigenvalue weighted by atomic mass is 35.5. The number of hydrogen-bond acceptors (Lipinski definition) is 4. The molecule has 0 bridgehead atoms. The molecular formula is C20H17ClN2OS. The topological polar surface area (TPSA) is 45.2 Å². The number of hydrogen-bond donors (Lipinski definition) is 2. The molecule has 25 heavy (non-hydrogen) atoms. The van der Waals surface area contributed by atoms with E-state index in [1.807, 2.05) is 60.4 Å². The van der Waals surface area contributed by atoms with Gasteiger partial charge < -0.3 is 10.4 Å². The van der Waals surface area contributed by atoms with Crippen molar-refractivity contribution in [2.24, 2.45) is 0 Å². The molecule has 126 valence electrons. The summed E-state index contributed by atoms with van der Waals surface area (Å²) in [4.78, 5) is 5.68. The fraction of sp³-hybridized carbons (Fsp3) is 0.150. The normalized spacial score (nSPS) is 15.7. The van der Waals surface area contributed by atoms with Crippen LogP contribution in [-0.4, -0.2) is 16.6 Å². The Kier molecular flexibility index (Phi) is 4.66. The molecule has 3 nitrogen and oxygen atoms in total. The minimum atomic E-state index is 0.0440. The van der Waals surface area contributed by atoms with Crippen LogP contribution in [0.4, 0.5) is 5.82 Å². The van der Waals surface area contributed by atoms with E-state index in [9.17, 15) is 5.11 Å². The molecule has 5 heteroatoms. The van der Waals surface area contributed by atoms with Crippen LogP contribution < -0.4 is 5.32 Å². The van der Waals surface area contributed by atoms with Crippen LogP contribution in [0, 0.1) is 0 Å². The minimum absolute atomic E-state index is 0.0440. The number of rotatable bonds is 4. The van der Waals surface area contributed by atoms with Gasteiger partial charge in [0.2, 0.25) is 0 Å². The number of benzene rings is 2. The lowest BCUT2D eigenvalue weighted by atomic mass is 9.98. The first-order chi connectivity index (χ1) is 12.2. The van der Waals surface area contributed by atoms with Crippen LogP contribution in [0.15, 0.2) is 65.7 Å². The van der Waals surface area contributed by atoms with Gasteiger partial charge in [-0.15, -0.1) is 11.8 Å². The molecule has 3 aromatic rings. The Balaban J connectivity index is 1.72. The highest BCUT2D eigenvalue weighted by Crippen LogP contribution is 2.46. The van der Waals surface area contributed by atoms with E-state index in [1.165, 1.54) is 10.5 Å². The average Bonchev–Trinajstić information content (AvgIpc) is 3.07. The van der Waals surface area contributed by atoms with Gasteiger partial charge in [0.1, 0.15) is 5.82 Å². The molecular weight excluding hydrogens is 352 g/mol. The highest BCUT2D eigenvalue weighted by Gasteiger charge is 2.27. The van der Waals surface area contributed by atoms with Gasteiger partial charge in [-0.2, -0.15) is 0 Å². The van der Waals surface area contributed by atoms with Crippen LogP contribution in [0.5, 0.6) is 0 Å². The molecule has 2 N–H and O–H groups in total. The van der Waals surface area contributed by atoms with Gasteiger partial charge >= 0.3 is 0 Å². The second kappa shape index (κ2) is 7.08. The van der Waals surface area contributed by atoms with Gasteiger partial charge in [-0.05, 0) is 53.1 Å². The van der Waals surface area contributed by atoms with Crippen molar-refractivity contribution in [3.8, 4) is 11.1 Å². The van der Waals surface area contributed by atoms with Crippen molar-refractivity contribution in [1.29, 1.82) is 0 Å². The molecule has 4 rings (SSSR count). The van der Waals surface area contributed by atoms with Crippen LogP contribution in [0.3, 0.4) is 0 Å². The Morgan fingerprint density at radius 2 is 2.00 bits per heavy atom. The van der Waals surface area contributed by atoms with Gasteiger partial charge in [0.25, 0.3) is 0 Å². The molecule has 1 unspecified atom stereocenters. The first-order valence-electron chi connectivity index (χ1n) is 8.10. The van der Waals surface area contributed by atoms with E-state index in [0.717, 1.165) is 34.1 Å². The number of aliphatic hydroxyl groups excluding tert-OH is 1. The zero-order valence-corrected chi connectivity index (χ0v) is 15.0. The van der Waals surface area contributed by atoms with Gasteiger partial charge in [-0.1, -0.05) is 29.8 Å².